The summed E-state index contributed by atoms with van der Waals surface area (Å²) in [6.07, 6.45) is 6.25. The summed E-state index contributed by atoms with van der Waals surface area (Å²) in [6.45, 7) is 0.345. The van der Waals surface area contributed by atoms with E-state index in [2.05, 4.69) is 17.5 Å². The Hall–Kier alpha value is -2.54. The van der Waals surface area contributed by atoms with E-state index in [-0.39, 0.29) is 23.8 Å². The predicted octanol–water partition coefficient (Wildman–Crippen LogP) is 3.28. The van der Waals surface area contributed by atoms with Crippen molar-refractivity contribution in [1.29, 1.82) is 0 Å². The fraction of sp³-hybridized carbons (Fsp3) is 0.429. The lowest BCUT2D eigenvalue weighted by atomic mass is 9.95. The van der Waals surface area contributed by atoms with Crippen molar-refractivity contribution in [3.05, 3.63) is 35.3 Å². The van der Waals surface area contributed by atoms with Crippen LogP contribution in [0.3, 0.4) is 0 Å². The first-order valence-corrected chi connectivity index (χ1v) is 10.6. The highest BCUT2D eigenvalue weighted by Crippen LogP contribution is 2.32. The van der Waals surface area contributed by atoms with Gasteiger partial charge in [0.2, 0.25) is 17.7 Å². The van der Waals surface area contributed by atoms with Crippen LogP contribution < -0.4 is 5.32 Å². The van der Waals surface area contributed by atoms with Crippen LogP contribution in [0.2, 0.25) is 0 Å². The molecule has 2 heterocycles. The Kier molecular flexibility index (Phi) is 5.52. The number of benzene rings is 1. The SMILES string of the molecule is O=C(CCCN1C(=O)CCC1=O)NC1CC=C(c2nc3ccccc3s2)CC1. The first kappa shape index (κ1) is 18.8. The predicted molar refractivity (Wildman–Crippen MR) is 109 cm³/mol. The number of fused-ring (bicyclic) bond motifs is 1. The zero-order valence-electron chi connectivity index (χ0n) is 15.6. The van der Waals surface area contributed by atoms with Crippen molar-refractivity contribution < 1.29 is 14.4 Å². The number of nitrogens with zero attached hydrogens (tertiary/aromatic N) is 2. The van der Waals surface area contributed by atoms with Gasteiger partial charge in [-0.1, -0.05) is 18.2 Å². The molecule has 28 heavy (non-hydrogen) atoms. The molecule has 0 bridgehead atoms. The minimum atomic E-state index is -0.120. The molecule has 7 heteroatoms. The zero-order valence-corrected chi connectivity index (χ0v) is 16.5. The zero-order chi connectivity index (χ0) is 19.5. The van der Waals surface area contributed by atoms with Crippen molar-refractivity contribution >= 4 is 44.8 Å². The molecule has 0 spiro atoms. The molecule has 3 amide bonds. The largest absolute Gasteiger partial charge is 0.353 e. The number of thiazole rings is 1. The number of imide groups is 1. The van der Waals surface area contributed by atoms with Crippen molar-refractivity contribution in [2.45, 2.75) is 51.0 Å². The lowest BCUT2D eigenvalue weighted by molar-refractivity contribution is -0.138. The molecule has 1 fully saturated rings. The number of rotatable bonds is 6. The Morgan fingerprint density at radius 2 is 1.96 bits per heavy atom. The van der Waals surface area contributed by atoms with Crippen LogP contribution in [0.25, 0.3) is 15.8 Å². The van der Waals surface area contributed by atoms with Crippen LogP contribution in [-0.4, -0.2) is 40.2 Å². The van der Waals surface area contributed by atoms with Gasteiger partial charge in [0, 0.05) is 31.8 Å². The van der Waals surface area contributed by atoms with Gasteiger partial charge in [0.15, 0.2) is 0 Å². The number of aromatic nitrogens is 1. The molecule has 1 N–H and O–H groups in total. The normalized spacial score (nSPS) is 19.9. The standard InChI is InChI=1S/C21H23N3O3S/c25-18(6-3-13-24-19(26)11-12-20(24)27)22-15-9-7-14(8-10-15)21-23-16-4-1-2-5-17(16)28-21/h1-2,4-5,7,15H,3,6,8-13H2,(H,22,25). The number of likely N-dealkylation sites (tertiary alicyclic amines) is 1. The Bertz CT molecular complexity index is 900. The highest BCUT2D eigenvalue weighted by Gasteiger charge is 2.28. The first-order valence-electron chi connectivity index (χ1n) is 9.77. The number of hydrogen-bond donors (Lipinski definition) is 1. The number of allylic oxidation sites excluding steroid dienone is 1. The second-order valence-electron chi connectivity index (χ2n) is 7.30. The monoisotopic (exact) mass is 397 g/mol. The lowest BCUT2D eigenvalue weighted by Gasteiger charge is -2.22. The smallest absolute Gasteiger partial charge is 0.229 e. The summed E-state index contributed by atoms with van der Waals surface area (Å²) < 4.78 is 1.20. The van der Waals surface area contributed by atoms with Crippen molar-refractivity contribution in [2.75, 3.05) is 6.54 Å². The van der Waals surface area contributed by atoms with E-state index in [9.17, 15) is 14.4 Å². The second kappa shape index (κ2) is 8.22. The van der Waals surface area contributed by atoms with Gasteiger partial charge < -0.3 is 5.32 Å². The third-order valence-electron chi connectivity index (χ3n) is 5.29. The van der Waals surface area contributed by atoms with Crippen LogP contribution in [0.15, 0.2) is 30.3 Å². The summed E-state index contributed by atoms with van der Waals surface area (Å²) in [4.78, 5) is 41.3. The molecular formula is C21H23N3O3S. The third kappa shape index (κ3) is 4.14. The van der Waals surface area contributed by atoms with Crippen LogP contribution in [0, 0.1) is 0 Å². The molecule has 2 aliphatic rings. The summed E-state index contributed by atoms with van der Waals surface area (Å²) in [5.41, 5.74) is 2.30. The van der Waals surface area contributed by atoms with Crippen LogP contribution in [-0.2, 0) is 14.4 Å². The third-order valence-corrected chi connectivity index (χ3v) is 6.40. The molecule has 1 aliphatic heterocycles. The summed E-state index contributed by atoms with van der Waals surface area (Å²) >= 11 is 1.72. The van der Waals surface area contributed by atoms with E-state index in [1.165, 1.54) is 15.2 Å². The molecule has 1 aromatic carbocycles. The van der Waals surface area contributed by atoms with E-state index in [1.807, 2.05) is 18.2 Å². The molecule has 1 atom stereocenters. The molecule has 1 aliphatic carbocycles. The Balaban J connectivity index is 1.25. The quantitative estimate of drug-likeness (QED) is 0.759. The summed E-state index contributed by atoms with van der Waals surface area (Å²) in [7, 11) is 0. The van der Waals surface area contributed by atoms with Crippen molar-refractivity contribution in [1.82, 2.24) is 15.2 Å². The molecule has 2 aromatic rings. The van der Waals surface area contributed by atoms with Gasteiger partial charge in [-0.2, -0.15) is 0 Å². The molecule has 1 aromatic heterocycles. The first-order chi connectivity index (χ1) is 13.6. The fourth-order valence-electron chi connectivity index (χ4n) is 3.74. The topological polar surface area (TPSA) is 79.4 Å². The average Bonchev–Trinajstić information content (AvgIpc) is 3.27. The minimum absolute atomic E-state index is 0.0130. The maximum atomic E-state index is 12.2. The van der Waals surface area contributed by atoms with E-state index in [0.717, 1.165) is 29.8 Å². The average molecular weight is 398 g/mol. The van der Waals surface area contributed by atoms with Gasteiger partial charge in [0.25, 0.3) is 0 Å². The highest BCUT2D eigenvalue weighted by atomic mass is 32.1. The molecule has 0 radical (unpaired) electrons. The number of carbonyl (C=O) groups excluding carboxylic acids is 3. The summed E-state index contributed by atoms with van der Waals surface area (Å²) in [6, 6.07) is 8.29. The number of carbonyl (C=O) groups is 3. The van der Waals surface area contributed by atoms with Gasteiger partial charge in [-0.25, -0.2) is 4.98 Å². The molecule has 1 unspecified atom stereocenters. The fourth-order valence-corrected chi connectivity index (χ4v) is 4.77. The molecule has 0 saturated carbocycles. The van der Waals surface area contributed by atoms with Gasteiger partial charge in [0.05, 0.1) is 10.2 Å². The van der Waals surface area contributed by atoms with Crippen LogP contribution in [0.4, 0.5) is 0 Å². The molecule has 1 saturated heterocycles. The maximum Gasteiger partial charge on any atom is 0.229 e. The van der Waals surface area contributed by atoms with Crippen molar-refractivity contribution in [3.8, 4) is 0 Å². The summed E-state index contributed by atoms with van der Waals surface area (Å²) in [5.74, 6) is -0.253. The molecule has 146 valence electrons. The van der Waals surface area contributed by atoms with Gasteiger partial charge in [0.1, 0.15) is 5.01 Å². The van der Waals surface area contributed by atoms with Gasteiger partial charge in [-0.3, -0.25) is 19.3 Å². The summed E-state index contributed by atoms with van der Waals surface area (Å²) in [5, 5.41) is 4.15. The minimum Gasteiger partial charge on any atom is -0.353 e. The highest BCUT2D eigenvalue weighted by molar-refractivity contribution is 7.19. The van der Waals surface area contributed by atoms with Crippen LogP contribution in [0.5, 0.6) is 0 Å². The Morgan fingerprint density at radius 3 is 2.68 bits per heavy atom. The number of para-hydroxylation sites is 1. The molecular weight excluding hydrogens is 374 g/mol. The van der Waals surface area contributed by atoms with E-state index in [4.69, 9.17) is 4.98 Å². The van der Waals surface area contributed by atoms with Gasteiger partial charge >= 0.3 is 0 Å². The number of hydrogen-bond acceptors (Lipinski definition) is 5. The lowest BCUT2D eigenvalue weighted by Crippen LogP contribution is -2.36. The Labute approximate surface area is 167 Å². The van der Waals surface area contributed by atoms with E-state index in [1.54, 1.807) is 11.3 Å². The van der Waals surface area contributed by atoms with Gasteiger partial charge in [-0.05, 0) is 43.4 Å². The maximum absolute atomic E-state index is 12.2. The van der Waals surface area contributed by atoms with Crippen molar-refractivity contribution in [3.63, 3.8) is 0 Å². The Morgan fingerprint density at radius 1 is 1.18 bits per heavy atom. The molecule has 4 rings (SSSR count). The van der Waals surface area contributed by atoms with Gasteiger partial charge in [-0.15, -0.1) is 11.3 Å². The molecule has 6 nitrogen and oxygen atoms in total. The van der Waals surface area contributed by atoms with Crippen molar-refractivity contribution in [2.24, 2.45) is 0 Å². The van der Waals surface area contributed by atoms with E-state index in [0.29, 0.717) is 32.2 Å². The van der Waals surface area contributed by atoms with E-state index >= 15 is 0 Å². The number of amides is 3. The van der Waals surface area contributed by atoms with E-state index < -0.39 is 0 Å². The van der Waals surface area contributed by atoms with Crippen LogP contribution in [0.1, 0.15) is 50.0 Å². The second-order valence-corrected chi connectivity index (χ2v) is 8.33. The number of nitrogens with one attached hydrogen (secondary N) is 1. The van der Waals surface area contributed by atoms with Crippen LogP contribution >= 0.6 is 11.3 Å².